The zero-order valence-corrected chi connectivity index (χ0v) is 9.61. The van der Waals surface area contributed by atoms with E-state index < -0.39 is 0 Å². The van der Waals surface area contributed by atoms with E-state index in [0.717, 1.165) is 12.0 Å². The lowest BCUT2D eigenvalue weighted by atomic mass is 10.1. The fourth-order valence-electron chi connectivity index (χ4n) is 1.50. The predicted molar refractivity (Wildman–Crippen MR) is 61.8 cm³/mol. The number of hydrogen-bond acceptors (Lipinski definition) is 4. The Morgan fingerprint density at radius 2 is 2.18 bits per heavy atom. The number of halogens is 1. The summed E-state index contributed by atoms with van der Waals surface area (Å²) in [6, 6.07) is 4.71. The number of aromatic nitrogens is 2. The zero-order valence-electron chi connectivity index (χ0n) is 9.61. The Morgan fingerprint density at radius 3 is 2.88 bits per heavy atom. The molecule has 0 atom stereocenters. The average Bonchev–Trinajstić information content (AvgIpc) is 2.79. The Kier molecular flexibility index (Phi) is 3.49. The molecule has 0 aliphatic rings. The lowest BCUT2D eigenvalue weighted by Gasteiger charge is -1.98. The molecule has 0 bridgehead atoms. The molecule has 1 aromatic heterocycles. The Morgan fingerprint density at radius 1 is 1.35 bits per heavy atom. The maximum absolute atomic E-state index is 13.1. The Bertz CT molecular complexity index is 510. The van der Waals surface area contributed by atoms with E-state index >= 15 is 0 Å². The molecule has 0 fully saturated rings. The van der Waals surface area contributed by atoms with Crippen LogP contribution in [0.5, 0.6) is 0 Å². The van der Waals surface area contributed by atoms with Gasteiger partial charge >= 0.3 is 0 Å². The molecular weight excluding hydrogens is 221 g/mol. The first kappa shape index (κ1) is 11.7. The molecule has 2 aromatic rings. The molecule has 4 nitrogen and oxygen atoms in total. The lowest BCUT2D eigenvalue weighted by Crippen LogP contribution is -2.00. The first-order valence-corrected chi connectivity index (χ1v) is 5.49. The van der Waals surface area contributed by atoms with E-state index in [9.17, 15) is 4.39 Å². The fourth-order valence-corrected chi connectivity index (χ4v) is 1.50. The van der Waals surface area contributed by atoms with Crippen molar-refractivity contribution in [1.29, 1.82) is 0 Å². The number of aryl methyl sites for hydroxylation is 2. The molecular formula is C12H14FN3O. The van der Waals surface area contributed by atoms with Crippen LogP contribution in [-0.4, -0.2) is 16.7 Å². The van der Waals surface area contributed by atoms with E-state index in [1.54, 1.807) is 19.1 Å². The van der Waals surface area contributed by atoms with Crippen LogP contribution in [0.4, 0.5) is 4.39 Å². The Balaban J connectivity index is 2.21. The highest BCUT2D eigenvalue weighted by atomic mass is 19.1. The van der Waals surface area contributed by atoms with Crippen molar-refractivity contribution in [2.45, 2.75) is 19.8 Å². The largest absolute Gasteiger partial charge is 0.421 e. The smallest absolute Gasteiger partial charge is 0.247 e. The monoisotopic (exact) mass is 235 g/mol. The van der Waals surface area contributed by atoms with Crippen molar-refractivity contribution in [3.63, 3.8) is 0 Å². The highest BCUT2D eigenvalue weighted by molar-refractivity contribution is 5.53. The van der Waals surface area contributed by atoms with Crippen LogP contribution >= 0.6 is 0 Å². The first-order chi connectivity index (χ1) is 8.20. The molecule has 0 saturated carbocycles. The van der Waals surface area contributed by atoms with Crippen molar-refractivity contribution in [1.82, 2.24) is 10.2 Å². The molecule has 0 aliphatic carbocycles. The molecule has 0 aliphatic heterocycles. The third-order valence-electron chi connectivity index (χ3n) is 2.47. The van der Waals surface area contributed by atoms with Gasteiger partial charge in [-0.05, 0) is 43.7 Å². The summed E-state index contributed by atoms with van der Waals surface area (Å²) in [5.74, 6) is 0.740. The van der Waals surface area contributed by atoms with Gasteiger partial charge in [0.25, 0.3) is 0 Å². The van der Waals surface area contributed by atoms with Gasteiger partial charge in [0.2, 0.25) is 11.8 Å². The third-order valence-corrected chi connectivity index (χ3v) is 2.47. The molecule has 0 saturated heterocycles. The predicted octanol–water partition coefficient (Wildman–Crippen LogP) is 2.08. The minimum absolute atomic E-state index is 0.239. The summed E-state index contributed by atoms with van der Waals surface area (Å²) >= 11 is 0. The van der Waals surface area contributed by atoms with E-state index in [2.05, 4.69) is 10.2 Å². The second kappa shape index (κ2) is 5.05. The van der Waals surface area contributed by atoms with Gasteiger partial charge < -0.3 is 10.2 Å². The molecule has 1 aromatic carbocycles. The zero-order chi connectivity index (χ0) is 12.3. The van der Waals surface area contributed by atoms with Gasteiger partial charge in [-0.15, -0.1) is 10.2 Å². The summed E-state index contributed by atoms with van der Waals surface area (Å²) in [6.07, 6.45) is 1.48. The van der Waals surface area contributed by atoms with Crippen molar-refractivity contribution in [3.05, 3.63) is 35.5 Å². The molecule has 0 radical (unpaired) electrons. The Hall–Kier alpha value is -1.75. The maximum atomic E-state index is 13.1. The summed E-state index contributed by atoms with van der Waals surface area (Å²) in [6.45, 7) is 2.29. The summed E-state index contributed by atoms with van der Waals surface area (Å²) in [7, 11) is 0. The normalized spacial score (nSPS) is 10.8. The van der Waals surface area contributed by atoms with Crippen LogP contribution in [0.3, 0.4) is 0 Å². The van der Waals surface area contributed by atoms with Crippen LogP contribution in [0.25, 0.3) is 11.5 Å². The maximum Gasteiger partial charge on any atom is 0.247 e. The standard InChI is InChI=1S/C12H14FN3O/c1-8-7-9(4-5-10(8)13)12-16-15-11(17-12)3-2-6-14/h4-5,7H,2-3,6,14H2,1H3. The third kappa shape index (κ3) is 2.68. The SMILES string of the molecule is Cc1cc(-c2nnc(CCCN)o2)ccc1F. The molecule has 17 heavy (non-hydrogen) atoms. The number of nitrogens with two attached hydrogens (primary N) is 1. The average molecular weight is 235 g/mol. The van der Waals surface area contributed by atoms with E-state index in [4.69, 9.17) is 10.2 Å². The number of nitrogens with zero attached hydrogens (tertiary/aromatic N) is 2. The van der Waals surface area contributed by atoms with Crippen LogP contribution in [0.15, 0.2) is 22.6 Å². The van der Waals surface area contributed by atoms with E-state index in [1.165, 1.54) is 6.07 Å². The van der Waals surface area contributed by atoms with Crippen molar-refractivity contribution < 1.29 is 8.81 Å². The summed E-state index contributed by atoms with van der Waals surface area (Å²) in [4.78, 5) is 0. The lowest BCUT2D eigenvalue weighted by molar-refractivity contribution is 0.498. The fraction of sp³-hybridized carbons (Fsp3) is 0.333. The molecule has 90 valence electrons. The van der Waals surface area contributed by atoms with Gasteiger partial charge in [-0.1, -0.05) is 0 Å². The van der Waals surface area contributed by atoms with Gasteiger partial charge in [0.15, 0.2) is 0 Å². The van der Waals surface area contributed by atoms with Crippen LogP contribution in [-0.2, 0) is 6.42 Å². The van der Waals surface area contributed by atoms with Gasteiger partial charge in [-0.2, -0.15) is 0 Å². The molecule has 1 heterocycles. The topological polar surface area (TPSA) is 64.9 Å². The molecule has 0 amide bonds. The van der Waals surface area contributed by atoms with Crippen LogP contribution in [0.2, 0.25) is 0 Å². The number of hydrogen-bond donors (Lipinski definition) is 1. The second-order valence-electron chi connectivity index (χ2n) is 3.86. The van der Waals surface area contributed by atoms with Gasteiger partial charge in [-0.25, -0.2) is 4.39 Å². The van der Waals surface area contributed by atoms with E-state index in [-0.39, 0.29) is 5.82 Å². The number of benzene rings is 1. The molecule has 5 heteroatoms. The van der Waals surface area contributed by atoms with Crippen molar-refractivity contribution in [2.24, 2.45) is 5.73 Å². The van der Waals surface area contributed by atoms with Crippen molar-refractivity contribution in [3.8, 4) is 11.5 Å². The quantitative estimate of drug-likeness (QED) is 0.881. The van der Waals surface area contributed by atoms with Crippen molar-refractivity contribution >= 4 is 0 Å². The summed E-state index contributed by atoms with van der Waals surface area (Å²) in [5.41, 5.74) is 6.69. The minimum Gasteiger partial charge on any atom is -0.421 e. The molecule has 2 N–H and O–H groups in total. The number of rotatable bonds is 4. The Labute approximate surface area is 98.7 Å². The molecule has 0 spiro atoms. The van der Waals surface area contributed by atoms with Gasteiger partial charge in [0, 0.05) is 12.0 Å². The minimum atomic E-state index is -0.239. The van der Waals surface area contributed by atoms with Crippen molar-refractivity contribution in [2.75, 3.05) is 6.54 Å². The van der Waals surface area contributed by atoms with Crippen LogP contribution in [0.1, 0.15) is 17.9 Å². The van der Waals surface area contributed by atoms with E-state index in [1.807, 2.05) is 0 Å². The molecule has 2 rings (SSSR count). The summed E-state index contributed by atoms with van der Waals surface area (Å²) in [5, 5.41) is 7.85. The van der Waals surface area contributed by atoms with E-state index in [0.29, 0.717) is 30.3 Å². The van der Waals surface area contributed by atoms with Crippen LogP contribution in [0, 0.1) is 12.7 Å². The highest BCUT2D eigenvalue weighted by Crippen LogP contribution is 2.20. The summed E-state index contributed by atoms with van der Waals surface area (Å²) < 4.78 is 18.6. The van der Waals surface area contributed by atoms with Gasteiger partial charge in [0.05, 0.1) is 0 Å². The van der Waals surface area contributed by atoms with Gasteiger partial charge in [0.1, 0.15) is 5.82 Å². The second-order valence-corrected chi connectivity index (χ2v) is 3.86. The van der Waals surface area contributed by atoms with Crippen LogP contribution < -0.4 is 5.73 Å². The molecule has 0 unspecified atom stereocenters. The highest BCUT2D eigenvalue weighted by Gasteiger charge is 2.09. The first-order valence-electron chi connectivity index (χ1n) is 5.49. The van der Waals surface area contributed by atoms with Gasteiger partial charge in [-0.3, -0.25) is 0 Å².